The summed E-state index contributed by atoms with van der Waals surface area (Å²) in [6, 6.07) is 18.6. The van der Waals surface area contributed by atoms with Gasteiger partial charge in [-0.2, -0.15) is 0 Å². The van der Waals surface area contributed by atoms with Crippen LogP contribution in [0.5, 0.6) is 5.75 Å². The molecule has 2 aromatic carbocycles. The normalized spacial score (nSPS) is 12.2. The van der Waals surface area contributed by atoms with Gasteiger partial charge < -0.3 is 4.74 Å². The maximum absolute atomic E-state index is 5.34. The van der Waals surface area contributed by atoms with Crippen LogP contribution >= 0.6 is 0 Å². The molecule has 1 aromatic heterocycles. The van der Waals surface area contributed by atoms with Crippen LogP contribution in [-0.4, -0.2) is 18.3 Å². The molecule has 1 aliphatic heterocycles. The fourth-order valence-electron chi connectivity index (χ4n) is 2.91. The van der Waals surface area contributed by atoms with Crippen molar-refractivity contribution < 1.29 is 4.74 Å². The zero-order valence-corrected chi connectivity index (χ0v) is 12.9. The maximum atomic E-state index is 5.34. The van der Waals surface area contributed by atoms with Crippen LogP contribution in [0.15, 0.2) is 65.8 Å². The van der Waals surface area contributed by atoms with Gasteiger partial charge >= 0.3 is 0 Å². The standard InChI is InChI=1S/C20H16N2O/c1-23-18-5-2-4-15(11-18)20-19(6-3-9-22-20)14-7-8-16-12-21-13-17(16)10-14/h2-11,13H,12H2,1H3. The van der Waals surface area contributed by atoms with Gasteiger partial charge in [-0.15, -0.1) is 0 Å². The number of benzene rings is 2. The maximum Gasteiger partial charge on any atom is 0.119 e. The van der Waals surface area contributed by atoms with Crippen LogP contribution in [0.3, 0.4) is 0 Å². The van der Waals surface area contributed by atoms with Crippen molar-refractivity contribution in [3.63, 3.8) is 0 Å². The molecule has 0 aliphatic carbocycles. The minimum atomic E-state index is 0.783. The van der Waals surface area contributed by atoms with Gasteiger partial charge in [0, 0.05) is 23.5 Å². The molecule has 0 fully saturated rings. The summed E-state index contributed by atoms with van der Waals surface area (Å²) in [4.78, 5) is 8.94. The first-order valence-electron chi connectivity index (χ1n) is 7.58. The molecule has 0 unspecified atom stereocenters. The monoisotopic (exact) mass is 300 g/mol. The van der Waals surface area contributed by atoms with Crippen molar-refractivity contribution in [2.24, 2.45) is 4.99 Å². The van der Waals surface area contributed by atoms with E-state index in [2.05, 4.69) is 40.3 Å². The Kier molecular flexibility index (Phi) is 3.39. The Morgan fingerprint density at radius 2 is 1.91 bits per heavy atom. The molecule has 0 spiro atoms. The van der Waals surface area contributed by atoms with Crippen LogP contribution in [0.2, 0.25) is 0 Å². The number of pyridine rings is 1. The first-order chi connectivity index (χ1) is 11.3. The highest BCUT2D eigenvalue weighted by Crippen LogP contribution is 2.33. The van der Waals surface area contributed by atoms with Crippen LogP contribution in [0.25, 0.3) is 22.4 Å². The van der Waals surface area contributed by atoms with Gasteiger partial charge in [0.2, 0.25) is 0 Å². The van der Waals surface area contributed by atoms with E-state index < -0.39 is 0 Å². The SMILES string of the molecule is COc1cccc(-c2ncccc2-c2ccc3c(c2)C=NC3)c1. The third-order valence-electron chi connectivity index (χ3n) is 4.10. The highest BCUT2D eigenvalue weighted by Gasteiger charge is 2.12. The predicted molar refractivity (Wildman–Crippen MR) is 93.0 cm³/mol. The van der Waals surface area contributed by atoms with E-state index in [0.717, 1.165) is 34.7 Å². The topological polar surface area (TPSA) is 34.5 Å². The van der Waals surface area contributed by atoms with E-state index in [9.17, 15) is 0 Å². The van der Waals surface area contributed by atoms with Crippen LogP contribution < -0.4 is 4.74 Å². The number of aliphatic imine (C=N–C) groups is 1. The van der Waals surface area contributed by atoms with Crippen molar-refractivity contribution in [2.45, 2.75) is 6.54 Å². The first kappa shape index (κ1) is 13.7. The molecule has 23 heavy (non-hydrogen) atoms. The summed E-state index contributed by atoms with van der Waals surface area (Å²) >= 11 is 0. The molecule has 3 nitrogen and oxygen atoms in total. The average molecular weight is 300 g/mol. The van der Waals surface area contributed by atoms with Crippen LogP contribution in [0.4, 0.5) is 0 Å². The molecule has 4 rings (SSSR count). The van der Waals surface area contributed by atoms with Crippen molar-refractivity contribution >= 4 is 6.21 Å². The molecule has 0 bridgehead atoms. The number of hydrogen-bond acceptors (Lipinski definition) is 3. The summed E-state index contributed by atoms with van der Waals surface area (Å²) in [6.07, 6.45) is 3.77. The Morgan fingerprint density at radius 3 is 2.83 bits per heavy atom. The van der Waals surface area contributed by atoms with E-state index in [0.29, 0.717) is 0 Å². The average Bonchev–Trinajstić information content (AvgIpc) is 3.09. The van der Waals surface area contributed by atoms with Gasteiger partial charge in [-0.25, -0.2) is 0 Å². The largest absolute Gasteiger partial charge is 0.497 e. The summed E-state index contributed by atoms with van der Waals surface area (Å²) in [5.41, 5.74) is 6.76. The molecule has 0 amide bonds. The third-order valence-corrected chi connectivity index (χ3v) is 4.10. The van der Waals surface area contributed by atoms with Crippen LogP contribution in [-0.2, 0) is 6.54 Å². The summed E-state index contributed by atoms with van der Waals surface area (Å²) in [5, 5.41) is 0. The van der Waals surface area contributed by atoms with Crippen molar-refractivity contribution in [1.82, 2.24) is 4.98 Å². The molecule has 0 N–H and O–H groups in total. The Bertz CT molecular complexity index is 900. The Morgan fingerprint density at radius 1 is 0.957 bits per heavy atom. The van der Waals surface area contributed by atoms with Gasteiger partial charge in [0.1, 0.15) is 5.75 Å². The Hall–Kier alpha value is -2.94. The summed E-state index contributed by atoms with van der Waals surface area (Å²) in [5.74, 6) is 0.834. The molecule has 0 atom stereocenters. The van der Waals surface area contributed by atoms with Gasteiger partial charge in [-0.05, 0) is 41.0 Å². The highest BCUT2D eigenvalue weighted by atomic mass is 16.5. The molecule has 112 valence electrons. The number of methoxy groups -OCH3 is 1. The molecular formula is C20H16N2O. The lowest BCUT2D eigenvalue weighted by molar-refractivity contribution is 0.415. The molecule has 1 aliphatic rings. The van der Waals surface area contributed by atoms with E-state index in [1.165, 1.54) is 11.1 Å². The minimum Gasteiger partial charge on any atom is -0.497 e. The lowest BCUT2D eigenvalue weighted by Crippen LogP contribution is -1.92. The molecule has 0 saturated carbocycles. The zero-order valence-electron chi connectivity index (χ0n) is 12.9. The Labute approximate surface area is 135 Å². The quantitative estimate of drug-likeness (QED) is 0.720. The number of ether oxygens (including phenoxy) is 1. The van der Waals surface area contributed by atoms with E-state index in [-0.39, 0.29) is 0 Å². The third kappa shape index (κ3) is 2.50. The number of rotatable bonds is 3. The molecule has 0 radical (unpaired) electrons. The van der Waals surface area contributed by atoms with E-state index in [4.69, 9.17) is 4.74 Å². The van der Waals surface area contributed by atoms with Crippen molar-refractivity contribution in [3.8, 4) is 28.1 Å². The highest BCUT2D eigenvalue weighted by molar-refractivity contribution is 5.89. The van der Waals surface area contributed by atoms with Gasteiger partial charge in [-0.1, -0.05) is 30.3 Å². The number of fused-ring (bicyclic) bond motifs is 1. The molecule has 3 aromatic rings. The molecule has 2 heterocycles. The van der Waals surface area contributed by atoms with Gasteiger partial charge in [0.15, 0.2) is 0 Å². The molecular weight excluding hydrogens is 284 g/mol. The first-order valence-corrected chi connectivity index (χ1v) is 7.58. The van der Waals surface area contributed by atoms with E-state index in [1.54, 1.807) is 7.11 Å². The lowest BCUT2D eigenvalue weighted by atomic mass is 9.96. The summed E-state index contributed by atoms with van der Waals surface area (Å²) < 4.78 is 5.34. The summed E-state index contributed by atoms with van der Waals surface area (Å²) in [7, 11) is 1.68. The van der Waals surface area contributed by atoms with Gasteiger partial charge in [-0.3, -0.25) is 9.98 Å². The predicted octanol–water partition coefficient (Wildman–Crippen LogP) is 4.36. The smallest absolute Gasteiger partial charge is 0.119 e. The van der Waals surface area contributed by atoms with Crippen molar-refractivity contribution in [2.75, 3.05) is 7.11 Å². The van der Waals surface area contributed by atoms with Crippen molar-refractivity contribution in [1.29, 1.82) is 0 Å². The number of hydrogen-bond donors (Lipinski definition) is 0. The second-order valence-electron chi connectivity index (χ2n) is 5.51. The molecule has 3 heteroatoms. The fraction of sp³-hybridized carbons (Fsp3) is 0.100. The van der Waals surface area contributed by atoms with Crippen LogP contribution in [0, 0.1) is 0 Å². The minimum absolute atomic E-state index is 0.783. The Balaban J connectivity index is 1.85. The fourth-order valence-corrected chi connectivity index (χ4v) is 2.91. The lowest BCUT2D eigenvalue weighted by Gasteiger charge is -2.11. The van der Waals surface area contributed by atoms with Crippen molar-refractivity contribution in [3.05, 3.63) is 71.9 Å². The number of aromatic nitrogens is 1. The van der Waals surface area contributed by atoms with E-state index >= 15 is 0 Å². The summed E-state index contributed by atoms with van der Waals surface area (Å²) in [6.45, 7) is 0.783. The number of nitrogens with zero attached hydrogens (tertiary/aromatic N) is 2. The zero-order chi connectivity index (χ0) is 15.6. The second-order valence-corrected chi connectivity index (χ2v) is 5.51. The van der Waals surface area contributed by atoms with Gasteiger partial charge in [0.05, 0.1) is 19.3 Å². The van der Waals surface area contributed by atoms with Crippen LogP contribution in [0.1, 0.15) is 11.1 Å². The van der Waals surface area contributed by atoms with Gasteiger partial charge in [0.25, 0.3) is 0 Å². The second kappa shape index (κ2) is 5.69. The molecule has 0 saturated heterocycles. The van der Waals surface area contributed by atoms with E-state index in [1.807, 2.05) is 36.7 Å².